The molecule has 0 unspecified atom stereocenters. The van der Waals surface area contributed by atoms with E-state index in [0.717, 1.165) is 21.8 Å². The molecule has 2 amide bonds. The predicted octanol–water partition coefficient (Wildman–Crippen LogP) is 3.98. The average molecular weight is 420 g/mol. The van der Waals surface area contributed by atoms with Gasteiger partial charge in [-0.25, -0.2) is 4.79 Å². The lowest BCUT2D eigenvalue weighted by molar-refractivity contribution is -0.148. The molecule has 0 aliphatic heterocycles. The molecule has 7 heteroatoms. The summed E-state index contributed by atoms with van der Waals surface area (Å²) >= 11 is 6.70. The van der Waals surface area contributed by atoms with Crippen LogP contribution in [0.3, 0.4) is 0 Å². The normalized spacial score (nSPS) is 16.5. The lowest BCUT2D eigenvalue weighted by Gasteiger charge is -2.24. The summed E-state index contributed by atoms with van der Waals surface area (Å²) in [4.78, 5) is 23.3. The van der Waals surface area contributed by atoms with Gasteiger partial charge in [0.15, 0.2) is 0 Å². The number of amides is 2. The highest BCUT2D eigenvalue weighted by Crippen LogP contribution is 2.37. The minimum Gasteiger partial charge on any atom is -0.481 e. The molecule has 1 aromatic carbocycles. The molecule has 0 aromatic heterocycles. The molecule has 0 saturated heterocycles. The number of halogens is 2. The van der Waals surface area contributed by atoms with Crippen LogP contribution in [-0.4, -0.2) is 23.7 Å². The number of carbonyl (C=O) groups is 2. The van der Waals surface area contributed by atoms with Crippen molar-refractivity contribution in [3.05, 3.63) is 27.1 Å². The monoisotopic (exact) mass is 418 g/mol. The average Bonchev–Trinajstić information content (AvgIpc) is 2.90. The lowest BCUT2D eigenvalue weighted by atomic mass is 9.86. The smallest absolute Gasteiger partial charge is 0.319 e. The lowest BCUT2D eigenvalue weighted by Crippen LogP contribution is -2.42. The first-order chi connectivity index (χ1) is 9.93. The molecule has 5 nitrogen and oxygen atoms in total. The summed E-state index contributed by atoms with van der Waals surface area (Å²) in [5, 5.41) is 14.7. The molecule has 1 saturated carbocycles. The highest BCUT2D eigenvalue weighted by molar-refractivity contribution is 9.11. The number of hydrogen-bond donors (Lipinski definition) is 3. The maximum atomic E-state index is 11.9. The third-order valence-corrected chi connectivity index (χ3v) is 4.93. The van der Waals surface area contributed by atoms with Crippen molar-refractivity contribution in [3.63, 3.8) is 0 Å². The molecule has 1 aliphatic carbocycles. The van der Waals surface area contributed by atoms with Crippen LogP contribution >= 0.6 is 31.9 Å². The highest BCUT2D eigenvalue weighted by atomic mass is 79.9. The van der Waals surface area contributed by atoms with Gasteiger partial charge in [-0.1, -0.05) is 28.8 Å². The maximum Gasteiger partial charge on any atom is 0.319 e. The van der Waals surface area contributed by atoms with Crippen molar-refractivity contribution < 1.29 is 14.7 Å². The van der Waals surface area contributed by atoms with Gasteiger partial charge in [0.25, 0.3) is 0 Å². The first kappa shape index (κ1) is 16.3. The molecule has 0 radical (unpaired) electrons. The summed E-state index contributed by atoms with van der Waals surface area (Å²) < 4.78 is 1.65. The second-order valence-corrected chi connectivity index (χ2v) is 6.99. The standard InChI is InChI=1S/C14H16Br2N2O3/c15-9-3-4-11(10(16)7-9)18-13(21)17-8-14(12(19)20)5-1-2-6-14/h3-4,7H,1-2,5-6,8H2,(H,19,20)(H2,17,18,21). The van der Waals surface area contributed by atoms with Crippen LogP contribution in [0.2, 0.25) is 0 Å². The molecule has 2 rings (SSSR count). The van der Waals surface area contributed by atoms with Gasteiger partial charge in [-0.3, -0.25) is 4.79 Å². The highest BCUT2D eigenvalue weighted by Gasteiger charge is 2.41. The number of carboxylic acids is 1. The summed E-state index contributed by atoms with van der Waals surface area (Å²) in [6.45, 7) is 0.155. The van der Waals surface area contributed by atoms with E-state index in [9.17, 15) is 14.7 Å². The third-order valence-electron chi connectivity index (χ3n) is 3.78. The van der Waals surface area contributed by atoms with Crippen LogP contribution in [-0.2, 0) is 4.79 Å². The molecule has 0 spiro atoms. The van der Waals surface area contributed by atoms with E-state index in [2.05, 4.69) is 42.5 Å². The zero-order valence-corrected chi connectivity index (χ0v) is 14.5. The van der Waals surface area contributed by atoms with Gasteiger partial charge in [-0.05, 0) is 47.0 Å². The molecule has 21 heavy (non-hydrogen) atoms. The van der Waals surface area contributed by atoms with E-state index in [4.69, 9.17) is 0 Å². The van der Waals surface area contributed by atoms with Crippen molar-refractivity contribution in [2.45, 2.75) is 25.7 Å². The minimum atomic E-state index is -0.829. The zero-order valence-electron chi connectivity index (χ0n) is 11.3. The number of anilines is 1. The van der Waals surface area contributed by atoms with E-state index in [1.165, 1.54) is 0 Å². The summed E-state index contributed by atoms with van der Waals surface area (Å²) in [6.07, 6.45) is 3.02. The van der Waals surface area contributed by atoms with Crippen molar-refractivity contribution in [3.8, 4) is 0 Å². The number of rotatable bonds is 4. The van der Waals surface area contributed by atoms with Crippen LogP contribution in [0.5, 0.6) is 0 Å². The summed E-state index contributed by atoms with van der Waals surface area (Å²) in [7, 11) is 0. The fraction of sp³-hybridized carbons (Fsp3) is 0.429. The quantitative estimate of drug-likeness (QED) is 0.690. The molecular formula is C14H16Br2N2O3. The molecular weight excluding hydrogens is 404 g/mol. The van der Waals surface area contributed by atoms with E-state index in [1.807, 2.05) is 12.1 Å². The Bertz CT molecular complexity index is 557. The number of carboxylic acid groups (broad SMARTS) is 1. The van der Waals surface area contributed by atoms with Gasteiger partial charge in [0.1, 0.15) is 0 Å². The van der Waals surface area contributed by atoms with E-state index >= 15 is 0 Å². The summed E-state index contributed by atoms with van der Waals surface area (Å²) in [5.74, 6) is -0.829. The predicted molar refractivity (Wildman–Crippen MR) is 87.4 cm³/mol. The van der Waals surface area contributed by atoms with Crippen molar-refractivity contribution in [1.29, 1.82) is 0 Å². The van der Waals surface area contributed by atoms with Crippen molar-refractivity contribution in [2.24, 2.45) is 5.41 Å². The van der Waals surface area contributed by atoms with Gasteiger partial charge in [0, 0.05) is 15.5 Å². The molecule has 114 valence electrons. The van der Waals surface area contributed by atoms with E-state index < -0.39 is 17.4 Å². The van der Waals surface area contributed by atoms with E-state index in [0.29, 0.717) is 18.5 Å². The zero-order chi connectivity index (χ0) is 15.5. The van der Waals surface area contributed by atoms with Crippen molar-refractivity contribution >= 4 is 49.5 Å². The largest absolute Gasteiger partial charge is 0.481 e. The second kappa shape index (κ2) is 6.79. The Labute approximate surface area is 139 Å². The first-order valence-electron chi connectivity index (χ1n) is 6.66. The van der Waals surface area contributed by atoms with E-state index in [1.54, 1.807) is 6.07 Å². The van der Waals surface area contributed by atoms with Gasteiger partial charge in [-0.15, -0.1) is 0 Å². The Morgan fingerprint density at radius 1 is 1.24 bits per heavy atom. The number of benzene rings is 1. The molecule has 0 heterocycles. The number of nitrogens with one attached hydrogen (secondary N) is 2. The van der Waals surface area contributed by atoms with Gasteiger partial charge in [-0.2, -0.15) is 0 Å². The Morgan fingerprint density at radius 2 is 1.90 bits per heavy atom. The van der Waals surface area contributed by atoms with Gasteiger partial charge >= 0.3 is 12.0 Å². The molecule has 3 N–H and O–H groups in total. The van der Waals surface area contributed by atoms with Crippen LogP contribution in [0.15, 0.2) is 27.1 Å². The Balaban J connectivity index is 1.94. The number of aliphatic carboxylic acids is 1. The first-order valence-corrected chi connectivity index (χ1v) is 8.25. The van der Waals surface area contributed by atoms with Crippen LogP contribution in [0.25, 0.3) is 0 Å². The molecule has 0 bridgehead atoms. The van der Waals surface area contributed by atoms with Gasteiger partial charge in [0.2, 0.25) is 0 Å². The molecule has 1 fully saturated rings. The molecule has 0 atom stereocenters. The van der Waals surface area contributed by atoms with Crippen LogP contribution < -0.4 is 10.6 Å². The number of carbonyl (C=O) groups excluding carboxylic acids is 1. The Morgan fingerprint density at radius 3 is 2.48 bits per heavy atom. The van der Waals surface area contributed by atoms with Crippen LogP contribution in [0.4, 0.5) is 10.5 Å². The fourth-order valence-electron chi connectivity index (χ4n) is 2.52. The third kappa shape index (κ3) is 3.97. The van der Waals surface area contributed by atoms with Crippen LogP contribution in [0, 0.1) is 5.41 Å². The van der Waals surface area contributed by atoms with Crippen molar-refractivity contribution in [2.75, 3.05) is 11.9 Å². The summed E-state index contributed by atoms with van der Waals surface area (Å²) in [5.41, 5.74) is -0.180. The van der Waals surface area contributed by atoms with Crippen molar-refractivity contribution in [1.82, 2.24) is 5.32 Å². The summed E-state index contributed by atoms with van der Waals surface area (Å²) in [6, 6.07) is 5.00. The Hall–Kier alpha value is -1.08. The fourth-order valence-corrected chi connectivity index (χ4v) is 3.67. The number of hydrogen-bond acceptors (Lipinski definition) is 2. The maximum absolute atomic E-state index is 11.9. The number of urea groups is 1. The van der Waals surface area contributed by atoms with Gasteiger partial charge in [0.05, 0.1) is 11.1 Å². The van der Waals surface area contributed by atoms with Crippen LogP contribution in [0.1, 0.15) is 25.7 Å². The minimum absolute atomic E-state index is 0.155. The van der Waals surface area contributed by atoms with E-state index in [-0.39, 0.29) is 6.54 Å². The molecule has 1 aliphatic rings. The second-order valence-electron chi connectivity index (χ2n) is 5.22. The SMILES string of the molecule is O=C(NCC1(C(=O)O)CCCC1)Nc1ccc(Br)cc1Br. The topological polar surface area (TPSA) is 78.4 Å². The molecule has 1 aromatic rings. The van der Waals surface area contributed by atoms with Gasteiger partial charge < -0.3 is 15.7 Å². The Kier molecular flexibility index (Phi) is 5.27.